The van der Waals surface area contributed by atoms with Crippen LogP contribution in [0.3, 0.4) is 0 Å². The first-order chi connectivity index (χ1) is 9.81. The summed E-state index contributed by atoms with van der Waals surface area (Å²) in [5.41, 5.74) is 2.65. The van der Waals surface area contributed by atoms with Crippen molar-refractivity contribution in [2.24, 2.45) is 0 Å². The van der Waals surface area contributed by atoms with E-state index in [1.54, 1.807) is 19.1 Å². The van der Waals surface area contributed by atoms with E-state index in [0.29, 0.717) is 5.56 Å². The van der Waals surface area contributed by atoms with Gasteiger partial charge in [0.05, 0.1) is 11.3 Å². The summed E-state index contributed by atoms with van der Waals surface area (Å²) in [4.78, 5) is 22.5. The lowest BCUT2D eigenvalue weighted by molar-refractivity contribution is -0.389. The highest BCUT2D eigenvalue weighted by atomic mass is 35.5. The number of nitro groups is 1. The van der Waals surface area contributed by atoms with Gasteiger partial charge in [0, 0.05) is 5.56 Å². The Labute approximate surface area is 126 Å². The third-order valence-electron chi connectivity index (χ3n) is 3.41. The highest BCUT2D eigenvalue weighted by molar-refractivity contribution is 6.32. The van der Waals surface area contributed by atoms with Crippen LogP contribution in [0.25, 0.3) is 0 Å². The van der Waals surface area contributed by atoms with Crippen LogP contribution in [-0.2, 0) is 0 Å². The van der Waals surface area contributed by atoms with Crippen molar-refractivity contribution in [2.75, 3.05) is 0 Å². The van der Waals surface area contributed by atoms with Crippen LogP contribution in [0, 0.1) is 24.0 Å². The van der Waals surface area contributed by atoms with Gasteiger partial charge in [-0.05, 0) is 42.9 Å². The molecule has 2 rings (SSSR count). The van der Waals surface area contributed by atoms with Gasteiger partial charge in [0.2, 0.25) is 0 Å². The molecule has 1 aromatic carbocycles. The molecule has 0 bridgehead atoms. The molecule has 0 N–H and O–H groups in total. The van der Waals surface area contributed by atoms with Crippen LogP contribution in [0.1, 0.15) is 34.5 Å². The summed E-state index contributed by atoms with van der Waals surface area (Å²) < 4.78 is 1.22. The fraction of sp³-hybridized carbons (Fsp3) is 0.286. The van der Waals surface area contributed by atoms with Crippen molar-refractivity contribution in [3.05, 3.63) is 56.2 Å². The van der Waals surface area contributed by atoms with E-state index in [1.807, 2.05) is 19.9 Å². The summed E-state index contributed by atoms with van der Waals surface area (Å²) in [5, 5.41) is 14.4. The van der Waals surface area contributed by atoms with E-state index in [1.165, 1.54) is 10.9 Å². The number of halogens is 1. The third-order valence-corrected chi connectivity index (χ3v) is 3.68. The Morgan fingerprint density at radius 2 is 2.05 bits per heavy atom. The molecule has 0 aliphatic rings. The number of hydrogen-bond donors (Lipinski definition) is 0. The summed E-state index contributed by atoms with van der Waals surface area (Å²) in [7, 11) is 0. The number of benzene rings is 1. The molecular formula is C14H14ClN3O3. The maximum Gasteiger partial charge on any atom is 0.408 e. The van der Waals surface area contributed by atoms with Gasteiger partial charge < -0.3 is 10.1 Å². The zero-order chi connectivity index (χ0) is 15.7. The molecule has 0 aliphatic carbocycles. The molecule has 0 saturated carbocycles. The second-order valence-electron chi connectivity index (χ2n) is 4.88. The lowest BCUT2D eigenvalue weighted by Crippen LogP contribution is -2.17. The molecule has 1 unspecified atom stereocenters. The molecule has 1 aromatic heterocycles. The summed E-state index contributed by atoms with van der Waals surface area (Å²) >= 11 is 5.74. The number of aromatic nitrogens is 2. The zero-order valence-corrected chi connectivity index (χ0v) is 12.6. The van der Waals surface area contributed by atoms with E-state index in [2.05, 4.69) is 5.10 Å². The SMILES string of the molecule is Cc1ccc(C(=O)C(C)n2cc(Cl)c([N+](=O)[O-])n2)cc1C. The average molecular weight is 308 g/mol. The lowest BCUT2D eigenvalue weighted by atomic mass is 10.0. The molecule has 6 nitrogen and oxygen atoms in total. The number of nitrogens with zero attached hydrogens (tertiary/aromatic N) is 3. The molecule has 2 aromatic rings. The topological polar surface area (TPSA) is 78.0 Å². The standard InChI is InChI=1S/C14H14ClN3O3/c1-8-4-5-11(6-9(8)2)13(19)10(3)17-7-12(15)14(16-17)18(20)21/h4-7,10H,1-3H3. The first kappa shape index (κ1) is 15.2. The van der Waals surface area contributed by atoms with Crippen LogP contribution in [0.2, 0.25) is 5.02 Å². The van der Waals surface area contributed by atoms with E-state index in [4.69, 9.17) is 11.6 Å². The molecule has 7 heteroatoms. The van der Waals surface area contributed by atoms with Gasteiger partial charge in [-0.3, -0.25) is 4.79 Å². The van der Waals surface area contributed by atoms with Crippen molar-refractivity contribution in [3.8, 4) is 0 Å². The van der Waals surface area contributed by atoms with Gasteiger partial charge >= 0.3 is 5.82 Å². The molecule has 0 amide bonds. The van der Waals surface area contributed by atoms with Gasteiger partial charge in [0.25, 0.3) is 0 Å². The molecule has 0 radical (unpaired) electrons. The Kier molecular flexibility index (Phi) is 4.09. The van der Waals surface area contributed by atoms with Crippen LogP contribution >= 0.6 is 11.6 Å². The van der Waals surface area contributed by atoms with Gasteiger partial charge in [-0.2, -0.15) is 4.68 Å². The maximum absolute atomic E-state index is 12.4. The van der Waals surface area contributed by atoms with Crippen LogP contribution < -0.4 is 0 Å². The smallest absolute Gasteiger partial charge is 0.358 e. The second-order valence-corrected chi connectivity index (χ2v) is 5.28. The number of carbonyl (C=O) groups excluding carboxylic acids is 1. The molecule has 0 fully saturated rings. The van der Waals surface area contributed by atoms with E-state index in [-0.39, 0.29) is 10.8 Å². The number of hydrogen-bond acceptors (Lipinski definition) is 4. The van der Waals surface area contributed by atoms with E-state index >= 15 is 0 Å². The summed E-state index contributed by atoms with van der Waals surface area (Å²) in [5.74, 6) is -0.622. The first-order valence-electron chi connectivity index (χ1n) is 6.31. The minimum atomic E-state index is -0.675. The van der Waals surface area contributed by atoms with Crippen molar-refractivity contribution >= 4 is 23.2 Å². The fourth-order valence-corrected chi connectivity index (χ4v) is 2.14. The predicted molar refractivity (Wildman–Crippen MR) is 78.8 cm³/mol. The molecule has 110 valence electrons. The summed E-state index contributed by atoms with van der Waals surface area (Å²) in [6.07, 6.45) is 1.29. The third kappa shape index (κ3) is 2.95. The molecule has 21 heavy (non-hydrogen) atoms. The van der Waals surface area contributed by atoms with Gasteiger partial charge in [-0.15, -0.1) is 0 Å². The van der Waals surface area contributed by atoms with Gasteiger partial charge in [-0.25, -0.2) is 0 Å². The molecule has 0 aliphatic heterocycles. The van der Waals surface area contributed by atoms with Gasteiger partial charge in [0.15, 0.2) is 10.8 Å². The predicted octanol–water partition coefficient (Wildman–Crippen LogP) is 3.51. The number of carbonyl (C=O) groups is 1. The molecular weight excluding hydrogens is 294 g/mol. The zero-order valence-electron chi connectivity index (χ0n) is 11.8. The fourth-order valence-electron chi connectivity index (χ4n) is 1.94. The van der Waals surface area contributed by atoms with Gasteiger partial charge in [-0.1, -0.05) is 23.7 Å². The quantitative estimate of drug-likeness (QED) is 0.492. The Balaban J connectivity index is 2.32. The Morgan fingerprint density at radius 3 is 2.57 bits per heavy atom. The summed E-state index contributed by atoms with van der Waals surface area (Å²) in [6.45, 7) is 5.51. The Morgan fingerprint density at radius 1 is 1.38 bits per heavy atom. The number of ketones is 1. The van der Waals surface area contributed by atoms with Crippen LogP contribution in [0.5, 0.6) is 0 Å². The van der Waals surface area contributed by atoms with Crippen molar-refractivity contribution in [1.29, 1.82) is 0 Å². The van der Waals surface area contributed by atoms with Crippen LogP contribution in [-0.4, -0.2) is 20.5 Å². The van der Waals surface area contributed by atoms with Crippen LogP contribution in [0.15, 0.2) is 24.4 Å². The van der Waals surface area contributed by atoms with E-state index < -0.39 is 16.8 Å². The molecule has 1 atom stereocenters. The summed E-state index contributed by atoms with van der Waals surface area (Å²) in [6, 6.07) is 4.74. The van der Waals surface area contributed by atoms with Crippen molar-refractivity contribution in [1.82, 2.24) is 9.78 Å². The Hall–Kier alpha value is -2.21. The largest absolute Gasteiger partial charge is 0.408 e. The van der Waals surface area contributed by atoms with Crippen molar-refractivity contribution in [3.63, 3.8) is 0 Å². The van der Waals surface area contributed by atoms with Crippen molar-refractivity contribution < 1.29 is 9.72 Å². The van der Waals surface area contributed by atoms with Gasteiger partial charge in [0.1, 0.15) is 6.04 Å². The second kappa shape index (κ2) is 5.65. The lowest BCUT2D eigenvalue weighted by Gasteiger charge is -2.09. The highest BCUT2D eigenvalue weighted by Crippen LogP contribution is 2.25. The van der Waals surface area contributed by atoms with Crippen molar-refractivity contribution in [2.45, 2.75) is 26.8 Å². The van der Waals surface area contributed by atoms with Crippen LogP contribution in [0.4, 0.5) is 5.82 Å². The van der Waals surface area contributed by atoms with E-state index in [9.17, 15) is 14.9 Å². The monoisotopic (exact) mass is 307 g/mol. The minimum absolute atomic E-state index is 0.0836. The number of aryl methyl sites for hydroxylation is 2. The molecule has 0 spiro atoms. The number of rotatable bonds is 4. The first-order valence-corrected chi connectivity index (χ1v) is 6.69. The molecule has 0 saturated heterocycles. The normalized spacial score (nSPS) is 12.2. The Bertz CT molecular complexity index is 724. The minimum Gasteiger partial charge on any atom is -0.358 e. The highest BCUT2D eigenvalue weighted by Gasteiger charge is 2.26. The van der Waals surface area contributed by atoms with E-state index in [0.717, 1.165) is 11.1 Å². The number of Topliss-reactive ketones (excluding diaryl/α,β-unsaturated/α-hetero) is 1. The average Bonchev–Trinajstić information content (AvgIpc) is 2.82. The maximum atomic E-state index is 12.4. The molecule has 1 heterocycles.